The van der Waals surface area contributed by atoms with Gasteiger partial charge in [-0.05, 0) is 47.7 Å². The molecule has 1 aromatic heterocycles. The van der Waals surface area contributed by atoms with E-state index in [4.69, 9.17) is 5.11 Å². The molecule has 24 heavy (non-hydrogen) atoms. The third-order valence-corrected chi connectivity index (χ3v) is 4.11. The van der Waals surface area contributed by atoms with Crippen LogP contribution in [-0.2, 0) is 13.0 Å². The molecule has 4 N–H and O–H groups in total. The number of aromatic carboxylic acids is 1. The van der Waals surface area contributed by atoms with Crippen molar-refractivity contribution in [2.45, 2.75) is 26.8 Å². The summed E-state index contributed by atoms with van der Waals surface area (Å²) < 4.78 is 2.18. The molecule has 0 bridgehead atoms. The van der Waals surface area contributed by atoms with Crippen molar-refractivity contribution in [2.75, 3.05) is 0 Å². The summed E-state index contributed by atoms with van der Waals surface area (Å²) in [5, 5.41) is 10.1. The van der Waals surface area contributed by atoms with Gasteiger partial charge >= 0.3 is 5.97 Å². The maximum atomic E-state index is 11.1. The van der Waals surface area contributed by atoms with E-state index in [1.807, 2.05) is 18.3 Å². The Kier molecular flexibility index (Phi) is 5.42. The Morgan fingerprint density at radius 1 is 1.08 bits per heavy atom. The van der Waals surface area contributed by atoms with Crippen molar-refractivity contribution >= 4 is 16.9 Å². The normalized spacial score (nSPS) is 10.8. The van der Waals surface area contributed by atoms with Crippen molar-refractivity contribution in [2.24, 2.45) is 5.92 Å². The maximum Gasteiger partial charge on any atom is 0.335 e. The summed E-state index contributed by atoms with van der Waals surface area (Å²) >= 11 is 0. The number of benzene rings is 2. The quantitative estimate of drug-likeness (QED) is 0.711. The molecule has 1 heterocycles. The van der Waals surface area contributed by atoms with E-state index in [1.54, 1.807) is 12.1 Å². The molecule has 126 valence electrons. The molecule has 0 amide bonds. The van der Waals surface area contributed by atoms with Crippen LogP contribution in [0.5, 0.6) is 0 Å². The Labute approximate surface area is 142 Å². The molecule has 0 saturated carbocycles. The van der Waals surface area contributed by atoms with Gasteiger partial charge in [-0.2, -0.15) is 0 Å². The smallest absolute Gasteiger partial charge is 0.335 e. The van der Waals surface area contributed by atoms with Gasteiger partial charge in [0.15, 0.2) is 0 Å². The Morgan fingerprint density at radius 3 is 2.46 bits per heavy atom. The van der Waals surface area contributed by atoms with Crippen LogP contribution in [0, 0.1) is 5.92 Å². The van der Waals surface area contributed by atoms with Gasteiger partial charge in [0.25, 0.3) is 0 Å². The van der Waals surface area contributed by atoms with Crippen LogP contribution in [0.15, 0.2) is 54.7 Å². The molecule has 0 saturated heterocycles. The average Bonchev–Trinajstić information content (AvgIpc) is 2.91. The molecule has 0 aliphatic carbocycles. The molecule has 0 unspecified atom stereocenters. The highest BCUT2D eigenvalue weighted by Gasteiger charge is 2.09. The standard InChI is InChI=1S/C20H21NO2.H3N/c1-14(2)11-15-5-3-4-6-18(15)13-21-10-9-16-12-17(20(22)23)7-8-19(16)21;/h3-10,12,14H,11,13H2,1-2H3,(H,22,23);1H3. The fraction of sp³-hybridized carbons (Fsp3) is 0.250. The largest absolute Gasteiger partial charge is 0.478 e. The Morgan fingerprint density at radius 2 is 1.79 bits per heavy atom. The zero-order chi connectivity index (χ0) is 16.4. The van der Waals surface area contributed by atoms with E-state index in [2.05, 4.69) is 42.7 Å². The highest BCUT2D eigenvalue weighted by atomic mass is 16.4. The molecule has 0 atom stereocenters. The second kappa shape index (κ2) is 7.32. The third-order valence-electron chi connectivity index (χ3n) is 4.11. The molecule has 4 nitrogen and oxygen atoms in total. The van der Waals surface area contributed by atoms with Gasteiger partial charge in [0.1, 0.15) is 0 Å². The number of carboxylic acids is 1. The summed E-state index contributed by atoms with van der Waals surface area (Å²) in [4.78, 5) is 11.1. The number of carbonyl (C=O) groups is 1. The van der Waals surface area contributed by atoms with Crippen LogP contribution in [0.3, 0.4) is 0 Å². The van der Waals surface area contributed by atoms with Gasteiger partial charge in [0.2, 0.25) is 0 Å². The fourth-order valence-corrected chi connectivity index (χ4v) is 3.01. The second-order valence-corrected chi connectivity index (χ2v) is 6.39. The van der Waals surface area contributed by atoms with Crippen LogP contribution in [0.4, 0.5) is 0 Å². The summed E-state index contributed by atoms with van der Waals surface area (Å²) in [6.45, 7) is 5.27. The summed E-state index contributed by atoms with van der Waals surface area (Å²) in [6, 6.07) is 15.8. The van der Waals surface area contributed by atoms with Gasteiger partial charge in [-0.1, -0.05) is 38.1 Å². The molecular weight excluding hydrogens is 300 g/mol. The van der Waals surface area contributed by atoms with Crippen LogP contribution in [0.1, 0.15) is 35.3 Å². The Hall–Kier alpha value is -2.59. The minimum Gasteiger partial charge on any atom is -0.478 e. The lowest BCUT2D eigenvalue weighted by Crippen LogP contribution is -2.04. The summed E-state index contributed by atoms with van der Waals surface area (Å²) in [5.74, 6) is -0.266. The summed E-state index contributed by atoms with van der Waals surface area (Å²) in [5.41, 5.74) is 4.09. The monoisotopic (exact) mass is 324 g/mol. The zero-order valence-electron chi connectivity index (χ0n) is 14.2. The van der Waals surface area contributed by atoms with E-state index in [0.29, 0.717) is 11.5 Å². The fourth-order valence-electron chi connectivity index (χ4n) is 3.01. The minimum absolute atomic E-state index is 0. The SMILES string of the molecule is CC(C)Cc1ccccc1Cn1ccc2cc(C(=O)O)ccc21.N. The third kappa shape index (κ3) is 3.66. The number of nitrogens with zero attached hydrogens (tertiary/aromatic N) is 1. The van der Waals surface area contributed by atoms with Gasteiger partial charge in [-0.15, -0.1) is 0 Å². The lowest BCUT2D eigenvalue weighted by atomic mass is 9.98. The van der Waals surface area contributed by atoms with Crippen LogP contribution < -0.4 is 6.15 Å². The van der Waals surface area contributed by atoms with E-state index in [9.17, 15) is 4.79 Å². The molecule has 0 aliphatic heterocycles. The molecule has 2 aromatic carbocycles. The van der Waals surface area contributed by atoms with Gasteiger partial charge < -0.3 is 15.8 Å². The first-order valence-electron chi connectivity index (χ1n) is 7.93. The topological polar surface area (TPSA) is 77.2 Å². The number of hydrogen-bond acceptors (Lipinski definition) is 2. The minimum atomic E-state index is -0.887. The lowest BCUT2D eigenvalue weighted by Gasteiger charge is -2.13. The van der Waals surface area contributed by atoms with Gasteiger partial charge in [-0.25, -0.2) is 4.79 Å². The molecule has 3 aromatic rings. The van der Waals surface area contributed by atoms with E-state index >= 15 is 0 Å². The second-order valence-electron chi connectivity index (χ2n) is 6.39. The van der Waals surface area contributed by atoms with Crippen molar-refractivity contribution in [3.8, 4) is 0 Å². The van der Waals surface area contributed by atoms with E-state index in [0.717, 1.165) is 23.9 Å². The van der Waals surface area contributed by atoms with Gasteiger partial charge in [0, 0.05) is 23.6 Å². The van der Waals surface area contributed by atoms with Crippen molar-refractivity contribution in [3.05, 3.63) is 71.4 Å². The first-order valence-corrected chi connectivity index (χ1v) is 7.93. The van der Waals surface area contributed by atoms with E-state index in [-0.39, 0.29) is 6.15 Å². The van der Waals surface area contributed by atoms with Crippen LogP contribution in [0.25, 0.3) is 10.9 Å². The van der Waals surface area contributed by atoms with Crippen LogP contribution >= 0.6 is 0 Å². The van der Waals surface area contributed by atoms with Crippen molar-refractivity contribution < 1.29 is 9.90 Å². The molecule has 0 radical (unpaired) electrons. The molecule has 4 heteroatoms. The average molecular weight is 324 g/mol. The van der Waals surface area contributed by atoms with Gasteiger partial charge in [-0.3, -0.25) is 0 Å². The Balaban J connectivity index is 0.00000208. The Bertz CT molecular complexity index is 850. The molecule has 0 fully saturated rings. The van der Waals surface area contributed by atoms with Crippen molar-refractivity contribution in [1.29, 1.82) is 0 Å². The lowest BCUT2D eigenvalue weighted by molar-refractivity contribution is 0.0697. The number of rotatable bonds is 5. The van der Waals surface area contributed by atoms with Crippen molar-refractivity contribution in [1.82, 2.24) is 10.7 Å². The number of fused-ring (bicyclic) bond motifs is 1. The van der Waals surface area contributed by atoms with Gasteiger partial charge in [0.05, 0.1) is 5.56 Å². The first kappa shape index (κ1) is 17.8. The number of aromatic nitrogens is 1. The predicted molar refractivity (Wildman–Crippen MR) is 98.0 cm³/mol. The molecule has 0 aliphatic rings. The first-order chi connectivity index (χ1) is 11.0. The zero-order valence-corrected chi connectivity index (χ0v) is 14.2. The molecule has 0 spiro atoms. The van der Waals surface area contributed by atoms with Crippen LogP contribution in [-0.4, -0.2) is 15.6 Å². The number of carboxylic acid groups (broad SMARTS) is 1. The number of hydrogen-bond donors (Lipinski definition) is 2. The van der Waals surface area contributed by atoms with Crippen molar-refractivity contribution in [3.63, 3.8) is 0 Å². The molecule has 3 rings (SSSR count). The maximum absolute atomic E-state index is 11.1. The van der Waals surface area contributed by atoms with E-state index in [1.165, 1.54) is 11.1 Å². The highest BCUT2D eigenvalue weighted by molar-refractivity contribution is 5.93. The predicted octanol–water partition coefficient (Wildman–Crippen LogP) is 4.75. The summed E-state index contributed by atoms with van der Waals surface area (Å²) in [7, 11) is 0. The summed E-state index contributed by atoms with van der Waals surface area (Å²) in [6.07, 6.45) is 3.10. The van der Waals surface area contributed by atoms with E-state index < -0.39 is 5.97 Å². The highest BCUT2D eigenvalue weighted by Crippen LogP contribution is 2.21. The van der Waals surface area contributed by atoms with Crippen LogP contribution in [0.2, 0.25) is 0 Å². The molecular formula is C20H24N2O2.